The monoisotopic (exact) mass is 776 g/mol. The topological polar surface area (TPSA) is 38.9 Å². The van der Waals surface area contributed by atoms with Gasteiger partial charge in [-0.25, -0.2) is 9.97 Å². The maximum Gasteiger partial charge on any atom is 0.160 e. The van der Waals surface area contributed by atoms with E-state index in [1.165, 1.54) is 43.4 Å². The summed E-state index contributed by atoms with van der Waals surface area (Å²) in [5.41, 5.74) is 13.4. The van der Waals surface area contributed by atoms with Gasteiger partial charge in [-0.05, 0) is 108 Å². The number of para-hydroxylation sites is 1. The second kappa shape index (κ2) is 14.3. The molecule has 2 aromatic heterocycles. The quantitative estimate of drug-likeness (QED) is 0.125. The minimum Gasteiger partial charge on any atom is -0.456 e. The number of hydrogen-bond donors (Lipinski definition) is 0. The van der Waals surface area contributed by atoms with Gasteiger partial charge in [-0.3, -0.25) is 0 Å². The first-order valence-electron chi connectivity index (χ1n) is 20.7. The molecule has 284 valence electrons. The fourth-order valence-electron chi connectivity index (χ4n) is 9.16. The number of benzene rings is 10. The lowest BCUT2D eigenvalue weighted by atomic mass is 9.88. The molecule has 0 saturated carbocycles. The lowest BCUT2D eigenvalue weighted by Crippen LogP contribution is -1.96. The van der Waals surface area contributed by atoms with Crippen LogP contribution in [-0.4, -0.2) is 9.97 Å². The molecule has 12 rings (SSSR count). The highest BCUT2D eigenvalue weighted by Gasteiger charge is 2.17. The first kappa shape index (κ1) is 34.9. The van der Waals surface area contributed by atoms with Crippen LogP contribution in [0.1, 0.15) is 0 Å². The molecule has 3 nitrogen and oxygen atoms in total. The van der Waals surface area contributed by atoms with Gasteiger partial charge >= 0.3 is 0 Å². The highest BCUT2D eigenvalue weighted by molar-refractivity contribution is 6.20. The van der Waals surface area contributed by atoms with Gasteiger partial charge in [0.05, 0.1) is 11.4 Å². The standard InChI is InChI=1S/C58H36N2O/c1-2-15-38(16-3-1)58-59-52(36-53(60-58)44-22-12-20-41(34-44)48-27-13-29-55-57(48)50-26-8-9-28-54(50)61-55)43-21-10-18-39(32-43)40-19-11-23-45(33-40)56-47-25-7-5-17-42(47)35-51-46-24-6-4-14-37(46)30-31-49(51)56/h1-36H. The molecule has 0 unspecified atom stereocenters. The lowest BCUT2D eigenvalue weighted by Gasteiger charge is -2.15. The average Bonchev–Trinajstić information content (AvgIpc) is 3.73. The molecular formula is C58H36N2O. The van der Waals surface area contributed by atoms with E-state index in [0.29, 0.717) is 5.82 Å². The van der Waals surface area contributed by atoms with Crippen molar-refractivity contribution < 1.29 is 4.42 Å². The van der Waals surface area contributed by atoms with E-state index in [2.05, 4.69) is 182 Å². The second-order valence-corrected chi connectivity index (χ2v) is 15.7. The number of aromatic nitrogens is 2. The number of rotatable bonds is 6. The zero-order valence-electron chi connectivity index (χ0n) is 33.1. The fraction of sp³-hybridized carbons (Fsp3) is 0. The largest absolute Gasteiger partial charge is 0.456 e. The van der Waals surface area contributed by atoms with Crippen molar-refractivity contribution in [2.24, 2.45) is 0 Å². The Bertz CT molecular complexity index is 3660. The van der Waals surface area contributed by atoms with E-state index in [1.54, 1.807) is 0 Å². The van der Waals surface area contributed by atoms with Gasteiger partial charge in [0, 0.05) is 27.5 Å². The van der Waals surface area contributed by atoms with Crippen molar-refractivity contribution in [2.75, 3.05) is 0 Å². The molecule has 0 saturated heterocycles. The molecule has 0 fully saturated rings. The van der Waals surface area contributed by atoms with Crippen molar-refractivity contribution in [1.29, 1.82) is 0 Å². The predicted molar refractivity (Wildman–Crippen MR) is 254 cm³/mol. The maximum atomic E-state index is 6.26. The maximum absolute atomic E-state index is 6.26. The van der Waals surface area contributed by atoms with E-state index < -0.39 is 0 Å². The average molecular weight is 777 g/mol. The summed E-state index contributed by atoms with van der Waals surface area (Å²) in [5.74, 6) is 0.684. The van der Waals surface area contributed by atoms with Crippen LogP contribution >= 0.6 is 0 Å². The number of furan rings is 1. The Morgan fingerprint density at radius 2 is 0.852 bits per heavy atom. The number of fused-ring (bicyclic) bond motifs is 7. The Labute approximate surface area is 352 Å². The van der Waals surface area contributed by atoms with Gasteiger partial charge in [0.25, 0.3) is 0 Å². The molecule has 0 spiro atoms. The van der Waals surface area contributed by atoms with Crippen molar-refractivity contribution >= 4 is 54.3 Å². The van der Waals surface area contributed by atoms with Crippen LogP contribution in [0.2, 0.25) is 0 Å². The minimum absolute atomic E-state index is 0.684. The molecule has 2 heterocycles. The highest BCUT2D eigenvalue weighted by Crippen LogP contribution is 2.42. The Morgan fingerprint density at radius 3 is 1.64 bits per heavy atom. The summed E-state index contributed by atoms with van der Waals surface area (Å²) in [5, 5.41) is 9.75. The summed E-state index contributed by atoms with van der Waals surface area (Å²) in [6.45, 7) is 0. The summed E-state index contributed by atoms with van der Waals surface area (Å²) < 4.78 is 6.26. The van der Waals surface area contributed by atoms with Gasteiger partial charge < -0.3 is 4.42 Å². The van der Waals surface area contributed by atoms with Crippen LogP contribution in [0.15, 0.2) is 223 Å². The first-order chi connectivity index (χ1) is 30.2. The van der Waals surface area contributed by atoms with Crippen LogP contribution in [0.4, 0.5) is 0 Å². The fourth-order valence-corrected chi connectivity index (χ4v) is 9.16. The van der Waals surface area contributed by atoms with E-state index in [9.17, 15) is 0 Å². The smallest absolute Gasteiger partial charge is 0.160 e. The van der Waals surface area contributed by atoms with Gasteiger partial charge in [0.15, 0.2) is 5.82 Å². The third-order valence-electron chi connectivity index (χ3n) is 12.0. The summed E-state index contributed by atoms with van der Waals surface area (Å²) in [7, 11) is 0. The lowest BCUT2D eigenvalue weighted by molar-refractivity contribution is 0.669. The molecule has 10 aromatic carbocycles. The molecule has 0 aliphatic heterocycles. The number of hydrogen-bond acceptors (Lipinski definition) is 3. The summed E-state index contributed by atoms with van der Waals surface area (Å²) in [4.78, 5) is 10.4. The van der Waals surface area contributed by atoms with Crippen molar-refractivity contribution in [3.63, 3.8) is 0 Å². The van der Waals surface area contributed by atoms with Gasteiger partial charge in [0.1, 0.15) is 11.2 Å². The van der Waals surface area contributed by atoms with Gasteiger partial charge in [-0.1, -0.05) is 176 Å². The summed E-state index contributed by atoms with van der Waals surface area (Å²) >= 11 is 0. The SMILES string of the molecule is c1ccc(-c2nc(-c3cccc(-c4cccc(-c5c6ccccc6cc6c5ccc5ccccc56)c4)c3)cc(-c3cccc(-c4cccc5oc6ccccc6c45)c3)n2)cc1. The molecule has 0 N–H and O–H groups in total. The third-order valence-corrected chi connectivity index (χ3v) is 12.0. The molecule has 0 atom stereocenters. The minimum atomic E-state index is 0.684. The van der Waals surface area contributed by atoms with E-state index in [1.807, 2.05) is 36.4 Å². The Kier molecular flexibility index (Phi) is 8.17. The van der Waals surface area contributed by atoms with Crippen LogP contribution in [-0.2, 0) is 0 Å². The molecule has 0 bridgehead atoms. The number of nitrogens with zero attached hydrogens (tertiary/aromatic N) is 2. The summed E-state index contributed by atoms with van der Waals surface area (Å²) in [6, 6.07) is 77.6. The zero-order chi connectivity index (χ0) is 40.3. The van der Waals surface area contributed by atoms with E-state index in [4.69, 9.17) is 14.4 Å². The molecule has 61 heavy (non-hydrogen) atoms. The van der Waals surface area contributed by atoms with Gasteiger partial charge in [-0.15, -0.1) is 0 Å². The van der Waals surface area contributed by atoms with E-state index >= 15 is 0 Å². The predicted octanol–water partition coefficient (Wildman–Crippen LogP) is 15.8. The molecule has 3 heteroatoms. The van der Waals surface area contributed by atoms with E-state index in [0.717, 1.165) is 72.3 Å². The van der Waals surface area contributed by atoms with Crippen LogP contribution < -0.4 is 0 Å². The van der Waals surface area contributed by atoms with Crippen LogP contribution in [0, 0.1) is 0 Å². The first-order valence-corrected chi connectivity index (χ1v) is 20.7. The molecule has 12 aromatic rings. The van der Waals surface area contributed by atoms with Gasteiger partial charge in [0.2, 0.25) is 0 Å². The normalized spacial score (nSPS) is 11.6. The zero-order valence-corrected chi connectivity index (χ0v) is 33.1. The van der Waals surface area contributed by atoms with Crippen LogP contribution in [0.5, 0.6) is 0 Å². The Hall–Kier alpha value is -8.14. The molecule has 0 radical (unpaired) electrons. The van der Waals surface area contributed by atoms with Crippen molar-refractivity contribution in [3.05, 3.63) is 218 Å². The molecular weight excluding hydrogens is 741 g/mol. The molecule has 0 aliphatic rings. The van der Waals surface area contributed by atoms with Crippen LogP contribution in [0.25, 0.3) is 122 Å². The van der Waals surface area contributed by atoms with Crippen LogP contribution in [0.3, 0.4) is 0 Å². The Balaban J connectivity index is 0.980. The molecule has 0 amide bonds. The molecule has 0 aliphatic carbocycles. The Morgan fingerprint density at radius 1 is 0.295 bits per heavy atom. The summed E-state index contributed by atoms with van der Waals surface area (Å²) in [6.07, 6.45) is 0. The second-order valence-electron chi connectivity index (χ2n) is 15.7. The highest BCUT2D eigenvalue weighted by atomic mass is 16.3. The van der Waals surface area contributed by atoms with E-state index in [-0.39, 0.29) is 0 Å². The third kappa shape index (κ3) is 6.06. The van der Waals surface area contributed by atoms with Gasteiger partial charge in [-0.2, -0.15) is 0 Å². The van der Waals surface area contributed by atoms with Crippen molar-refractivity contribution in [3.8, 4) is 67.3 Å². The van der Waals surface area contributed by atoms with Crippen molar-refractivity contribution in [1.82, 2.24) is 9.97 Å². The van der Waals surface area contributed by atoms with Crippen molar-refractivity contribution in [2.45, 2.75) is 0 Å².